The molecule has 1 aromatic heterocycles. The van der Waals surface area contributed by atoms with Gasteiger partial charge in [-0.15, -0.1) is 0 Å². The van der Waals surface area contributed by atoms with Crippen LogP contribution in [-0.4, -0.2) is 54.9 Å². The number of carbonyl (C=O) groups is 1. The van der Waals surface area contributed by atoms with Crippen molar-refractivity contribution in [1.29, 1.82) is 0 Å². The highest BCUT2D eigenvalue weighted by Gasteiger charge is 2.51. The molecule has 2 heterocycles. The first kappa shape index (κ1) is 16.6. The fourth-order valence-corrected chi connectivity index (χ4v) is 3.66. The summed E-state index contributed by atoms with van der Waals surface area (Å²) in [5.74, 6) is -6.98. The lowest BCUT2D eigenvalue weighted by Crippen LogP contribution is -2.52. The lowest BCUT2D eigenvalue weighted by atomic mass is 9.94. The van der Waals surface area contributed by atoms with E-state index in [0.29, 0.717) is 4.31 Å². The molecule has 1 saturated heterocycles. The third kappa shape index (κ3) is 3.02. The highest BCUT2D eigenvalue weighted by atomic mass is 32.2. The first-order chi connectivity index (χ1) is 10.2. The molecule has 0 saturated carbocycles. The van der Waals surface area contributed by atoms with Gasteiger partial charge in [-0.3, -0.25) is 9.78 Å². The summed E-state index contributed by atoms with van der Waals surface area (Å²) in [5, 5.41) is 8.77. The topological polar surface area (TPSA) is 96.8 Å². The van der Waals surface area contributed by atoms with Crippen LogP contribution >= 0.6 is 0 Å². The lowest BCUT2D eigenvalue weighted by Gasteiger charge is -2.35. The standard InChI is InChI=1S/C12H14F2N2O5S/c1-21-8-4-9(6-15-5-8)22(19,20)16-3-2-10(11(17)18)12(13,14)7-16/h4-6,10H,2-3,7H2,1H3,(H,17,18). The number of aliphatic carboxylic acids is 1. The van der Waals surface area contributed by atoms with E-state index in [1.807, 2.05) is 0 Å². The van der Waals surface area contributed by atoms with Crippen LogP contribution in [0, 0.1) is 5.92 Å². The molecule has 1 atom stereocenters. The molecule has 0 aromatic carbocycles. The summed E-state index contributed by atoms with van der Waals surface area (Å²) in [6.07, 6.45) is 1.85. The molecule has 1 aliphatic rings. The van der Waals surface area contributed by atoms with Crippen LogP contribution in [0.1, 0.15) is 6.42 Å². The second-order valence-corrected chi connectivity index (χ2v) is 6.78. The molecule has 7 nitrogen and oxygen atoms in total. The summed E-state index contributed by atoms with van der Waals surface area (Å²) < 4.78 is 57.8. The van der Waals surface area contributed by atoms with E-state index in [1.54, 1.807) is 0 Å². The van der Waals surface area contributed by atoms with E-state index < -0.39 is 40.8 Å². The third-order valence-electron chi connectivity index (χ3n) is 3.42. The molecule has 0 bridgehead atoms. The summed E-state index contributed by atoms with van der Waals surface area (Å²) in [7, 11) is -2.88. The molecule has 0 spiro atoms. The zero-order valence-corrected chi connectivity index (χ0v) is 12.4. The smallest absolute Gasteiger partial charge is 0.312 e. The second-order valence-electron chi connectivity index (χ2n) is 4.84. The number of nitrogens with zero attached hydrogens (tertiary/aromatic N) is 2. The van der Waals surface area contributed by atoms with Gasteiger partial charge in [-0.25, -0.2) is 17.2 Å². The maximum atomic E-state index is 13.8. The number of piperidine rings is 1. The van der Waals surface area contributed by atoms with Crippen molar-refractivity contribution in [3.05, 3.63) is 18.5 Å². The van der Waals surface area contributed by atoms with E-state index in [1.165, 1.54) is 19.4 Å². The van der Waals surface area contributed by atoms with Crippen LogP contribution in [0.25, 0.3) is 0 Å². The predicted octanol–water partition coefficient (Wildman–Crippen LogP) is 0.821. The number of alkyl halides is 2. The van der Waals surface area contributed by atoms with Gasteiger partial charge in [0.1, 0.15) is 16.6 Å². The van der Waals surface area contributed by atoms with E-state index in [-0.39, 0.29) is 17.2 Å². The number of hydrogen-bond acceptors (Lipinski definition) is 5. The number of carboxylic acids is 1. The van der Waals surface area contributed by atoms with Crippen LogP contribution in [0.5, 0.6) is 5.75 Å². The minimum absolute atomic E-state index is 0.174. The highest BCUT2D eigenvalue weighted by Crippen LogP contribution is 2.35. The Hall–Kier alpha value is -1.81. The number of pyridine rings is 1. The molecule has 0 aliphatic carbocycles. The van der Waals surface area contributed by atoms with Gasteiger partial charge in [-0.05, 0) is 6.42 Å². The number of rotatable bonds is 4. The lowest BCUT2D eigenvalue weighted by molar-refractivity contribution is -0.163. The molecule has 1 aliphatic heterocycles. The Morgan fingerprint density at radius 3 is 2.73 bits per heavy atom. The van der Waals surface area contributed by atoms with E-state index >= 15 is 0 Å². The average molecular weight is 336 g/mol. The van der Waals surface area contributed by atoms with Crippen LogP contribution in [0.15, 0.2) is 23.4 Å². The Bertz CT molecular complexity index is 680. The average Bonchev–Trinajstić information content (AvgIpc) is 2.45. The van der Waals surface area contributed by atoms with Gasteiger partial charge in [0.05, 0.1) is 19.9 Å². The van der Waals surface area contributed by atoms with Gasteiger partial charge in [-0.1, -0.05) is 0 Å². The maximum absolute atomic E-state index is 13.8. The summed E-state index contributed by atoms with van der Waals surface area (Å²) >= 11 is 0. The Kier molecular flexibility index (Phi) is 4.34. The molecular weight excluding hydrogens is 322 g/mol. The number of aromatic nitrogens is 1. The second kappa shape index (κ2) is 5.76. The maximum Gasteiger partial charge on any atom is 0.312 e. The van der Waals surface area contributed by atoms with Gasteiger partial charge >= 0.3 is 5.97 Å². The molecule has 22 heavy (non-hydrogen) atoms. The number of methoxy groups -OCH3 is 1. The zero-order chi connectivity index (χ0) is 16.5. The highest BCUT2D eigenvalue weighted by molar-refractivity contribution is 7.89. The van der Waals surface area contributed by atoms with Crippen LogP contribution in [0.3, 0.4) is 0 Å². The van der Waals surface area contributed by atoms with Crippen molar-refractivity contribution in [2.45, 2.75) is 17.2 Å². The molecule has 0 radical (unpaired) electrons. The molecule has 122 valence electrons. The number of ether oxygens (including phenoxy) is 1. The van der Waals surface area contributed by atoms with Crippen molar-refractivity contribution < 1.29 is 31.8 Å². The van der Waals surface area contributed by atoms with Gasteiger partial charge in [0, 0.05) is 18.8 Å². The minimum Gasteiger partial charge on any atom is -0.495 e. The number of carboxylic acid groups (broad SMARTS) is 1. The van der Waals surface area contributed by atoms with Gasteiger partial charge in [0.25, 0.3) is 5.92 Å². The Morgan fingerprint density at radius 2 is 2.18 bits per heavy atom. The monoisotopic (exact) mass is 336 g/mol. The van der Waals surface area contributed by atoms with Crippen molar-refractivity contribution in [3.8, 4) is 5.75 Å². The first-order valence-electron chi connectivity index (χ1n) is 6.28. The third-order valence-corrected chi connectivity index (χ3v) is 5.23. The van der Waals surface area contributed by atoms with E-state index in [0.717, 1.165) is 6.20 Å². The van der Waals surface area contributed by atoms with Crippen molar-refractivity contribution >= 4 is 16.0 Å². The van der Waals surface area contributed by atoms with Gasteiger partial charge < -0.3 is 9.84 Å². The van der Waals surface area contributed by atoms with Gasteiger partial charge in [0.2, 0.25) is 10.0 Å². The van der Waals surface area contributed by atoms with Crippen LogP contribution < -0.4 is 4.74 Å². The molecule has 10 heteroatoms. The van der Waals surface area contributed by atoms with Gasteiger partial charge in [-0.2, -0.15) is 4.31 Å². The van der Waals surface area contributed by atoms with Crippen LogP contribution in [-0.2, 0) is 14.8 Å². The quantitative estimate of drug-likeness (QED) is 0.874. The summed E-state index contributed by atoms with van der Waals surface area (Å²) in [5.41, 5.74) is 0. The fourth-order valence-electron chi connectivity index (χ4n) is 2.22. The van der Waals surface area contributed by atoms with Crippen molar-refractivity contribution in [2.24, 2.45) is 5.92 Å². The summed E-state index contributed by atoms with van der Waals surface area (Å²) in [6, 6.07) is 1.17. The minimum atomic E-state index is -4.20. The summed E-state index contributed by atoms with van der Waals surface area (Å²) in [6.45, 7) is -1.48. The van der Waals surface area contributed by atoms with Crippen molar-refractivity contribution in [2.75, 3.05) is 20.2 Å². The molecule has 1 fully saturated rings. The first-order valence-corrected chi connectivity index (χ1v) is 7.72. The van der Waals surface area contributed by atoms with Gasteiger partial charge in [0.15, 0.2) is 0 Å². The Balaban J connectivity index is 2.29. The zero-order valence-electron chi connectivity index (χ0n) is 11.6. The molecule has 2 rings (SSSR count). The number of sulfonamides is 1. The largest absolute Gasteiger partial charge is 0.495 e. The van der Waals surface area contributed by atoms with E-state index in [2.05, 4.69) is 4.98 Å². The SMILES string of the molecule is COc1cncc(S(=O)(=O)N2CCC(C(=O)O)C(F)(F)C2)c1. The van der Waals surface area contributed by atoms with Crippen LogP contribution in [0.4, 0.5) is 8.78 Å². The normalized spacial score (nSPS) is 22.2. The molecular formula is C12H14F2N2O5S. The summed E-state index contributed by atoms with van der Waals surface area (Å²) in [4.78, 5) is 14.2. The van der Waals surface area contributed by atoms with Crippen molar-refractivity contribution in [1.82, 2.24) is 9.29 Å². The van der Waals surface area contributed by atoms with Crippen LogP contribution in [0.2, 0.25) is 0 Å². The molecule has 1 aromatic rings. The van der Waals surface area contributed by atoms with E-state index in [4.69, 9.17) is 9.84 Å². The Labute approximate surface area is 125 Å². The molecule has 1 N–H and O–H groups in total. The number of halogens is 2. The van der Waals surface area contributed by atoms with E-state index in [9.17, 15) is 22.0 Å². The fraction of sp³-hybridized carbons (Fsp3) is 0.500. The molecule has 1 unspecified atom stereocenters. The molecule has 0 amide bonds. The Morgan fingerprint density at radius 1 is 1.50 bits per heavy atom. The number of hydrogen-bond donors (Lipinski definition) is 1. The predicted molar refractivity (Wildman–Crippen MR) is 70.2 cm³/mol. The van der Waals surface area contributed by atoms with Crippen molar-refractivity contribution in [3.63, 3.8) is 0 Å².